The Morgan fingerprint density at radius 1 is 1.11 bits per heavy atom. The van der Waals surface area contributed by atoms with Crippen LogP contribution in [-0.2, 0) is 9.59 Å². The second-order valence-electron chi connectivity index (χ2n) is 4.54. The molecule has 0 radical (unpaired) electrons. The van der Waals surface area contributed by atoms with Crippen LogP contribution < -0.4 is 0 Å². The van der Waals surface area contributed by atoms with Gasteiger partial charge in [-0.1, -0.05) is 0 Å². The molecule has 0 spiro atoms. The average Bonchev–Trinajstić information content (AvgIpc) is 2.85. The van der Waals surface area contributed by atoms with Crippen LogP contribution >= 0.6 is 23.5 Å². The van der Waals surface area contributed by atoms with Gasteiger partial charge in [0.05, 0.1) is 23.6 Å². The molecule has 0 saturated heterocycles. The Hall–Kier alpha value is -1.24. The molecule has 2 fully saturated rings. The molecule has 0 amide bonds. The lowest BCUT2D eigenvalue weighted by molar-refractivity contribution is -0.118. The molecule has 0 aromatic heterocycles. The van der Waals surface area contributed by atoms with E-state index in [0.29, 0.717) is 24.8 Å². The Kier molecular flexibility index (Phi) is 4.68. The minimum absolute atomic E-state index is 0.0207. The standard InChI is InChI=1S/C13H12N2O2S2/c14-1-3-18-13(19-4-2-15)12-10-7-9(16)5-8(10)6-11(12)17/h8,10H,3-7H2/t8-,10-/m0/s1. The first-order valence-electron chi connectivity index (χ1n) is 5.96. The summed E-state index contributed by atoms with van der Waals surface area (Å²) in [5, 5.41) is 17.3. The molecule has 2 aliphatic rings. The van der Waals surface area contributed by atoms with Gasteiger partial charge in [-0.2, -0.15) is 10.5 Å². The van der Waals surface area contributed by atoms with Crippen LogP contribution in [0.1, 0.15) is 19.3 Å². The molecule has 0 unspecified atom stereocenters. The highest BCUT2D eigenvalue weighted by Crippen LogP contribution is 2.48. The fourth-order valence-corrected chi connectivity index (χ4v) is 4.61. The smallest absolute Gasteiger partial charge is 0.161 e. The molecule has 19 heavy (non-hydrogen) atoms. The van der Waals surface area contributed by atoms with Gasteiger partial charge in [0.15, 0.2) is 5.78 Å². The highest BCUT2D eigenvalue weighted by molar-refractivity contribution is 8.22. The monoisotopic (exact) mass is 292 g/mol. The molecule has 6 heteroatoms. The van der Waals surface area contributed by atoms with Gasteiger partial charge in [0.25, 0.3) is 0 Å². The number of nitriles is 2. The molecule has 2 aliphatic carbocycles. The zero-order valence-corrected chi connectivity index (χ0v) is 11.9. The van der Waals surface area contributed by atoms with Crippen molar-refractivity contribution in [1.82, 2.24) is 0 Å². The van der Waals surface area contributed by atoms with Gasteiger partial charge in [-0.05, 0) is 11.8 Å². The lowest BCUT2D eigenvalue weighted by Crippen LogP contribution is -2.05. The molecule has 4 nitrogen and oxygen atoms in total. The third-order valence-electron chi connectivity index (χ3n) is 3.38. The Bertz CT molecular complexity index is 508. The zero-order chi connectivity index (χ0) is 13.8. The summed E-state index contributed by atoms with van der Waals surface area (Å²) in [5.74, 6) is 0.997. The molecule has 0 bridgehead atoms. The Balaban J connectivity index is 2.28. The summed E-state index contributed by atoms with van der Waals surface area (Å²) in [6.45, 7) is 0. The van der Waals surface area contributed by atoms with Gasteiger partial charge in [0.2, 0.25) is 0 Å². The third-order valence-corrected chi connectivity index (χ3v) is 5.60. The largest absolute Gasteiger partial charge is 0.300 e. The second-order valence-corrected chi connectivity index (χ2v) is 6.77. The first-order chi connectivity index (χ1) is 9.17. The lowest BCUT2D eigenvalue weighted by Gasteiger charge is -2.12. The first kappa shape index (κ1) is 14.2. The predicted octanol–water partition coefficient (Wildman–Crippen LogP) is 2.28. The van der Waals surface area contributed by atoms with Gasteiger partial charge in [0, 0.05) is 29.1 Å². The van der Waals surface area contributed by atoms with Crippen LogP contribution in [0.3, 0.4) is 0 Å². The van der Waals surface area contributed by atoms with E-state index < -0.39 is 0 Å². The summed E-state index contributed by atoms with van der Waals surface area (Å²) in [5.41, 5.74) is 0.705. The van der Waals surface area contributed by atoms with E-state index in [2.05, 4.69) is 0 Å². The maximum atomic E-state index is 12.1. The van der Waals surface area contributed by atoms with Gasteiger partial charge in [0.1, 0.15) is 5.78 Å². The summed E-state index contributed by atoms with van der Waals surface area (Å²) in [6.07, 6.45) is 1.38. The number of fused-ring (bicyclic) bond motifs is 1. The molecular formula is C13H12N2O2S2. The summed E-state index contributed by atoms with van der Waals surface area (Å²) >= 11 is 2.62. The van der Waals surface area contributed by atoms with Gasteiger partial charge in [-0.3, -0.25) is 9.59 Å². The van der Waals surface area contributed by atoms with E-state index in [0.717, 1.165) is 4.24 Å². The van der Waals surface area contributed by atoms with Crippen molar-refractivity contribution >= 4 is 35.1 Å². The van der Waals surface area contributed by atoms with E-state index in [1.54, 1.807) is 0 Å². The van der Waals surface area contributed by atoms with Crippen LogP contribution in [0.25, 0.3) is 0 Å². The number of hydrogen-bond donors (Lipinski definition) is 0. The second kappa shape index (κ2) is 6.27. The molecule has 98 valence electrons. The number of nitrogens with zero attached hydrogens (tertiary/aromatic N) is 2. The molecular weight excluding hydrogens is 280 g/mol. The lowest BCUT2D eigenvalue weighted by atomic mass is 9.98. The SMILES string of the molecule is N#CCSC(SCC#N)=C1C(=O)C[C@@H]2CC(=O)C[C@H]12. The topological polar surface area (TPSA) is 81.7 Å². The van der Waals surface area contributed by atoms with Crippen molar-refractivity contribution in [2.75, 3.05) is 11.5 Å². The molecule has 0 heterocycles. The fourth-order valence-electron chi connectivity index (χ4n) is 2.70. The van der Waals surface area contributed by atoms with E-state index in [4.69, 9.17) is 10.5 Å². The fraction of sp³-hybridized carbons (Fsp3) is 0.538. The summed E-state index contributed by atoms with van der Waals surface area (Å²) in [6, 6.07) is 4.07. The minimum Gasteiger partial charge on any atom is -0.300 e. The summed E-state index contributed by atoms with van der Waals surface area (Å²) < 4.78 is 0.773. The van der Waals surface area contributed by atoms with Crippen LogP contribution in [0, 0.1) is 34.5 Å². The maximum Gasteiger partial charge on any atom is 0.161 e. The first-order valence-corrected chi connectivity index (χ1v) is 7.93. The van der Waals surface area contributed by atoms with Gasteiger partial charge in [-0.25, -0.2) is 0 Å². The van der Waals surface area contributed by atoms with E-state index in [1.807, 2.05) is 12.1 Å². The quantitative estimate of drug-likeness (QED) is 0.739. The van der Waals surface area contributed by atoms with Crippen molar-refractivity contribution < 1.29 is 9.59 Å². The Labute approximate surface area is 120 Å². The number of rotatable bonds is 4. The molecule has 0 aliphatic heterocycles. The molecule has 0 N–H and O–H groups in total. The highest BCUT2D eigenvalue weighted by atomic mass is 32.2. The van der Waals surface area contributed by atoms with Crippen LogP contribution in [0.2, 0.25) is 0 Å². The summed E-state index contributed by atoms with van der Waals surface area (Å²) in [7, 11) is 0. The van der Waals surface area contributed by atoms with Crippen LogP contribution in [-0.4, -0.2) is 23.1 Å². The van der Waals surface area contributed by atoms with Crippen LogP contribution in [0.15, 0.2) is 9.81 Å². The number of hydrogen-bond acceptors (Lipinski definition) is 6. The maximum absolute atomic E-state index is 12.1. The number of carbonyl (C=O) groups excluding carboxylic acids is 2. The average molecular weight is 292 g/mol. The van der Waals surface area contributed by atoms with Crippen molar-refractivity contribution in [2.45, 2.75) is 19.3 Å². The number of thioether (sulfide) groups is 2. The van der Waals surface area contributed by atoms with E-state index in [-0.39, 0.29) is 34.9 Å². The van der Waals surface area contributed by atoms with Gasteiger partial charge >= 0.3 is 0 Å². The van der Waals surface area contributed by atoms with E-state index in [9.17, 15) is 9.59 Å². The molecule has 2 rings (SSSR count). The van der Waals surface area contributed by atoms with Crippen molar-refractivity contribution in [2.24, 2.45) is 11.8 Å². The van der Waals surface area contributed by atoms with Crippen molar-refractivity contribution in [3.8, 4) is 12.1 Å². The predicted molar refractivity (Wildman–Crippen MR) is 74.0 cm³/mol. The number of allylic oxidation sites excluding steroid dienone is 1. The summed E-state index contributed by atoms with van der Waals surface area (Å²) in [4.78, 5) is 23.6. The molecule has 0 aromatic carbocycles. The van der Waals surface area contributed by atoms with Crippen LogP contribution in [0.4, 0.5) is 0 Å². The van der Waals surface area contributed by atoms with Crippen LogP contribution in [0.5, 0.6) is 0 Å². The number of Topliss-reactive ketones (excluding diaryl/α,β-unsaturated/α-hetero) is 2. The zero-order valence-electron chi connectivity index (χ0n) is 10.2. The van der Waals surface area contributed by atoms with Gasteiger partial charge < -0.3 is 0 Å². The number of ketones is 2. The molecule has 2 saturated carbocycles. The van der Waals surface area contributed by atoms with Crippen molar-refractivity contribution in [1.29, 1.82) is 10.5 Å². The van der Waals surface area contributed by atoms with Crippen molar-refractivity contribution in [3.05, 3.63) is 9.81 Å². The van der Waals surface area contributed by atoms with Gasteiger partial charge in [-0.15, -0.1) is 23.5 Å². The Morgan fingerprint density at radius 2 is 1.74 bits per heavy atom. The van der Waals surface area contributed by atoms with E-state index in [1.165, 1.54) is 23.5 Å². The normalized spacial score (nSPS) is 25.1. The third kappa shape index (κ3) is 3.02. The highest BCUT2D eigenvalue weighted by Gasteiger charge is 2.45. The number of carbonyl (C=O) groups is 2. The van der Waals surface area contributed by atoms with E-state index >= 15 is 0 Å². The molecule has 0 aromatic rings. The Morgan fingerprint density at radius 3 is 2.32 bits per heavy atom. The van der Waals surface area contributed by atoms with Crippen molar-refractivity contribution in [3.63, 3.8) is 0 Å². The molecule has 2 atom stereocenters. The minimum atomic E-state index is 0.0207.